The van der Waals surface area contributed by atoms with Crippen molar-refractivity contribution in [1.29, 1.82) is 0 Å². The molecule has 34 heavy (non-hydrogen) atoms. The summed E-state index contributed by atoms with van der Waals surface area (Å²) in [5.41, 5.74) is 5.48. The molecule has 5 rings (SSSR count). The van der Waals surface area contributed by atoms with Gasteiger partial charge in [-0.25, -0.2) is 0 Å². The smallest absolute Gasteiger partial charge is 0.0406 e. The Morgan fingerprint density at radius 1 is 0.441 bits per heavy atom. The second-order valence-electron chi connectivity index (χ2n) is 9.54. The molecule has 0 aliphatic heterocycles. The van der Waals surface area contributed by atoms with Gasteiger partial charge < -0.3 is 0 Å². The van der Waals surface area contributed by atoms with Crippen molar-refractivity contribution >= 4 is 21.5 Å². The first kappa shape index (κ1) is 21.6. The quantitative estimate of drug-likeness (QED) is 0.171. The van der Waals surface area contributed by atoms with Crippen LogP contribution in [0, 0.1) is 23.7 Å². The van der Waals surface area contributed by atoms with E-state index in [2.05, 4.69) is 111 Å². The van der Waals surface area contributed by atoms with Crippen LogP contribution in [-0.2, 0) is 5.41 Å². The van der Waals surface area contributed by atoms with Crippen molar-refractivity contribution in [2.24, 2.45) is 0 Å². The van der Waals surface area contributed by atoms with Crippen molar-refractivity contribution < 1.29 is 0 Å². The van der Waals surface area contributed by atoms with Crippen LogP contribution in [0.3, 0.4) is 0 Å². The predicted molar refractivity (Wildman–Crippen MR) is 145 cm³/mol. The van der Waals surface area contributed by atoms with Crippen molar-refractivity contribution in [2.75, 3.05) is 0 Å². The second kappa shape index (κ2) is 8.94. The summed E-state index contributed by atoms with van der Waals surface area (Å²) in [6.07, 6.45) is 0. The first-order valence-electron chi connectivity index (χ1n) is 11.6. The van der Waals surface area contributed by atoms with Crippen LogP contribution in [0.5, 0.6) is 0 Å². The van der Waals surface area contributed by atoms with Crippen LogP contribution in [0.15, 0.2) is 103 Å². The minimum absolute atomic E-state index is 0.0415. The van der Waals surface area contributed by atoms with E-state index in [1.807, 2.05) is 36.4 Å². The summed E-state index contributed by atoms with van der Waals surface area (Å²) in [7, 11) is 0. The maximum atomic E-state index is 3.53. The topological polar surface area (TPSA) is 0 Å². The van der Waals surface area contributed by atoms with Gasteiger partial charge in [-0.1, -0.05) is 117 Å². The SMILES string of the molecule is CC(C)(C)c1ccc2c(C#Cc3ccccc3)c3ccccc3c(C#Cc3ccccc3)c2c1. The summed E-state index contributed by atoms with van der Waals surface area (Å²) < 4.78 is 0. The zero-order valence-electron chi connectivity index (χ0n) is 19.8. The van der Waals surface area contributed by atoms with Crippen LogP contribution in [-0.4, -0.2) is 0 Å². The summed E-state index contributed by atoms with van der Waals surface area (Å²) in [4.78, 5) is 0. The first-order chi connectivity index (χ1) is 16.5. The Morgan fingerprint density at radius 3 is 1.38 bits per heavy atom. The highest BCUT2D eigenvalue weighted by Gasteiger charge is 2.17. The van der Waals surface area contributed by atoms with Gasteiger partial charge in [-0.05, 0) is 62.9 Å². The minimum atomic E-state index is 0.0415. The Balaban J connectivity index is 1.85. The molecule has 5 aromatic rings. The summed E-state index contributed by atoms with van der Waals surface area (Å²) >= 11 is 0. The summed E-state index contributed by atoms with van der Waals surface area (Å²) in [6.45, 7) is 6.75. The molecule has 0 amide bonds. The van der Waals surface area contributed by atoms with Crippen molar-refractivity contribution in [3.05, 3.63) is 131 Å². The number of fused-ring (bicyclic) bond motifs is 2. The summed E-state index contributed by atoms with van der Waals surface area (Å²) in [6, 6.07) is 35.6. The van der Waals surface area contributed by atoms with Crippen molar-refractivity contribution in [3.8, 4) is 23.7 Å². The van der Waals surface area contributed by atoms with Gasteiger partial charge in [-0.3, -0.25) is 0 Å². The van der Waals surface area contributed by atoms with Crippen LogP contribution in [0.1, 0.15) is 48.6 Å². The van der Waals surface area contributed by atoms with Gasteiger partial charge >= 0.3 is 0 Å². The highest BCUT2D eigenvalue weighted by Crippen LogP contribution is 2.35. The molecule has 162 valence electrons. The fourth-order valence-corrected chi connectivity index (χ4v) is 4.23. The largest absolute Gasteiger partial charge is 0.0622 e. The van der Waals surface area contributed by atoms with Gasteiger partial charge in [-0.15, -0.1) is 0 Å². The lowest BCUT2D eigenvalue weighted by atomic mass is 9.83. The third kappa shape index (κ3) is 4.32. The molecule has 0 heteroatoms. The van der Waals surface area contributed by atoms with Gasteiger partial charge in [0.1, 0.15) is 0 Å². The normalized spacial score (nSPS) is 10.9. The molecule has 0 nitrogen and oxygen atoms in total. The van der Waals surface area contributed by atoms with E-state index in [0.717, 1.165) is 43.8 Å². The Kier molecular flexibility index (Phi) is 5.67. The lowest BCUT2D eigenvalue weighted by Crippen LogP contribution is -2.10. The van der Waals surface area contributed by atoms with Crippen LogP contribution in [0.4, 0.5) is 0 Å². The first-order valence-corrected chi connectivity index (χ1v) is 11.6. The fourth-order valence-electron chi connectivity index (χ4n) is 4.23. The molecule has 0 saturated heterocycles. The van der Waals surface area contributed by atoms with Crippen LogP contribution in [0.25, 0.3) is 21.5 Å². The number of rotatable bonds is 0. The van der Waals surface area contributed by atoms with Crippen molar-refractivity contribution in [3.63, 3.8) is 0 Å². The van der Waals surface area contributed by atoms with Crippen LogP contribution >= 0.6 is 0 Å². The molecule has 0 bridgehead atoms. The molecule has 0 spiro atoms. The Hall–Kier alpha value is -4.26. The standard InChI is InChI=1S/C34H26/c1-34(2,3)27-20-23-32-30(21-18-25-12-6-4-7-13-25)28-16-10-11-17-29(28)31(33(32)24-27)22-19-26-14-8-5-9-15-26/h4-17,20,23-24H,1-3H3. The van der Waals surface area contributed by atoms with Crippen molar-refractivity contribution in [1.82, 2.24) is 0 Å². The van der Waals surface area contributed by atoms with Gasteiger partial charge in [0.05, 0.1) is 0 Å². The number of benzene rings is 5. The van der Waals surface area contributed by atoms with Gasteiger partial charge in [0, 0.05) is 22.3 Å². The average molecular weight is 435 g/mol. The maximum absolute atomic E-state index is 3.53. The van der Waals surface area contributed by atoms with Crippen molar-refractivity contribution in [2.45, 2.75) is 26.2 Å². The molecular formula is C34H26. The summed E-state index contributed by atoms with van der Waals surface area (Å²) in [5, 5.41) is 4.58. The molecule has 0 aliphatic carbocycles. The van der Waals surface area contributed by atoms with Gasteiger partial charge in [0.15, 0.2) is 0 Å². The molecule has 0 aromatic heterocycles. The van der Waals surface area contributed by atoms with E-state index in [4.69, 9.17) is 0 Å². The Bertz CT molecular complexity index is 1610. The maximum Gasteiger partial charge on any atom is 0.0406 e. The monoisotopic (exact) mass is 434 g/mol. The molecule has 0 fully saturated rings. The molecule has 0 saturated carbocycles. The van der Waals surface area contributed by atoms with E-state index >= 15 is 0 Å². The highest BCUT2D eigenvalue weighted by atomic mass is 14.2. The van der Waals surface area contributed by atoms with Gasteiger partial charge in [0.25, 0.3) is 0 Å². The van der Waals surface area contributed by atoms with E-state index in [0.29, 0.717) is 0 Å². The van der Waals surface area contributed by atoms with E-state index in [1.54, 1.807) is 0 Å². The zero-order chi connectivity index (χ0) is 23.5. The van der Waals surface area contributed by atoms with E-state index in [-0.39, 0.29) is 5.41 Å². The highest BCUT2D eigenvalue weighted by molar-refractivity contribution is 6.10. The molecule has 0 atom stereocenters. The Labute approximate surface area is 202 Å². The lowest BCUT2D eigenvalue weighted by molar-refractivity contribution is 0.591. The molecule has 0 N–H and O–H groups in total. The molecule has 0 heterocycles. The van der Waals surface area contributed by atoms with E-state index in [9.17, 15) is 0 Å². The van der Waals surface area contributed by atoms with E-state index < -0.39 is 0 Å². The number of hydrogen-bond donors (Lipinski definition) is 0. The van der Waals surface area contributed by atoms with Crippen LogP contribution < -0.4 is 0 Å². The molecule has 0 radical (unpaired) electrons. The minimum Gasteiger partial charge on any atom is -0.0622 e. The van der Waals surface area contributed by atoms with Crippen LogP contribution in [0.2, 0.25) is 0 Å². The average Bonchev–Trinajstić information content (AvgIpc) is 2.86. The Morgan fingerprint density at radius 2 is 0.882 bits per heavy atom. The molecule has 0 unspecified atom stereocenters. The van der Waals surface area contributed by atoms with E-state index in [1.165, 1.54) is 5.56 Å². The number of hydrogen-bond acceptors (Lipinski definition) is 0. The predicted octanol–water partition coefficient (Wildman–Crippen LogP) is 8.09. The lowest BCUT2D eigenvalue weighted by Gasteiger charge is -2.21. The zero-order valence-corrected chi connectivity index (χ0v) is 19.8. The second-order valence-corrected chi connectivity index (χ2v) is 9.54. The summed E-state index contributed by atoms with van der Waals surface area (Å²) in [5.74, 6) is 13.8. The third-order valence-corrected chi connectivity index (χ3v) is 6.10. The third-order valence-electron chi connectivity index (χ3n) is 6.10. The molecule has 0 aliphatic rings. The molecule has 5 aromatic carbocycles. The fraction of sp³-hybridized carbons (Fsp3) is 0.118. The van der Waals surface area contributed by atoms with Gasteiger partial charge in [-0.2, -0.15) is 0 Å². The molecular weight excluding hydrogens is 408 g/mol. The van der Waals surface area contributed by atoms with Gasteiger partial charge in [0.2, 0.25) is 0 Å².